The summed E-state index contributed by atoms with van der Waals surface area (Å²) in [5, 5.41) is 3.26. The van der Waals surface area contributed by atoms with Crippen molar-refractivity contribution in [2.75, 3.05) is 6.54 Å². The van der Waals surface area contributed by atoms with Crippen molar-refractivity contribution in [3.63, 3.8) is 0 Å². The van der Waals surface area contributed by atoms with Crippen LogP contribution in [0.2, 0.25) is 0 Å². The van der Waals surface area contributed by atoms with Gasteiger partial charge >= 0.3 is 0 Å². The van der Waals surface area contributed by atoms with E-state index in [0.717, 1.165) is 19.4 Å². The third-order valence-corrected chi connectivity index (χ3v) is 2.70. The zero-order valence-electron chi connectivity index (χ0n) is 10.2. The first-order valence-electron chi connectivity index (χ1n) is 5.62. The maximum absolute atomic E-state index is 11.9. The van der Waals surface area contributed by atoms with Crippen molar-refractivity contribution in [3.8, 4) is 11.8 Å². The van der Waals surface area contributed by atoms with Crippen LogP contribution < -0.4 is 5.32 Å². The van der Waals surface area contributed by atoms with Crippen LogP contribution in [0, 0.1) is 17.3 Å². The van der Waals surface area contributed by atoms with E-state index in [0.29, 0.717) is 6.42 Å². The number of Topliss-reactive ketones (excluding diaryl/α,β-unsaturated/α-hetero) is 1. The third kappa shape index (κ3) is 3.68. The number of ketones is 1. The summed E-state index contributed by atoms with van der Waals surface area (Å²) in [6.07, 6.45) is 2.42. The summed E-state index contributed by atoms with van der Waals surface area (Å²) in [7, 11) is 0. The highest BCUT2D eigenvalue weighted by Crippen LogP contribution is 2.20. The van der Waals surface area contributed by atoms with Crippen molar-refractivity contribution in [1.82, 2.24) is 5.32 Å². The molecule has 0 saturated carbocycles. The first-order chi connectivity index (χ1) is 6.83. The zero-order chi connectivity index (χ0) is 11.5. The van der Waals surface area contributed by atoms with E-state index >= 15 is 0 Å². The average Bonchev–Trinajstić information content (AvgIpc) is 2.51. The van der Waals surface area contributed by atoms with Gasteiger partial charge in [-0.3, -0.25) is 4.79 Å². The Labute approximate surface area is 92.8 Å². The smallest absolute Gasteiger partial charge is 0.164 e. The van der Waals surface area contributed by atoms with Gasteiger partial charge in [0.1, 0.15) is 0 Å². The van der Waals surface area contributed by atoms with Crippen molar-refractivity contribution in [2.24, 2.45) is 5.41 Å². The Kier molecular flexibility index (Phi) is 3.57. The third-order valence-electron chi connectivity index (χ3n) is 2.70. The molecule has 1 unspecified atom stereocenters. The van der Waals surface area contributed by atoms with Gasteiger partial charge in [-0.2, -0.15) is 0 Å². The number of nitrogens with one attached hydrogen (secondary N) is 1. The quantitative estimate of drug-likeness (QED) is 0.703. The van der Waals surface area contributed by atoms with Gasteiger partial charge in [0.05, 0.1) is 12.0 Å². The molecule has 1 N–H and O–H groups in total. The lowest BCUT2D eigenvalue weighted by Gasteiger charge is -2.21. The van der Waals surface area contributed by atoms with Crippen LogP contribution in [0.5, 0.6) is 0 Å². The van der Waals surface area contributed by atoms with E-state index in [1.165, 1.54) is 0 Å². The van der Waals surface area contributed by atoms with Crippen molar-refractivity contribution in [3.05, 3.63) is 0 Å². The molecular formula is C13H21NO. The Balaban J connectivity index is 2.52. The van der Waals surface area contributed by atoms with Gasteiger partial charge in [-0.1, -0.05) is 11.8 Å². The van der Waals surface area contributed by atoms with Gasteiger partial charge in [0.15, 0.2) is 5.78 Å². The summed E-state index contributed by atoms with van der Waals surface area (Å²) in [4.78, 5) is 11.9. The molecule has 0 spiro atoms. The normalized spacial score (nSPS) is 25.9. The summed E-state index contributed by atoms with van der Waals surface area (Å²) in [6, 6.07) is 0. The molecule has 1 heterocycles. The Bertz CT molecular complexity index is 295. The van der Waals surface area contributed by atoms with E-state index in [9.17, 15) is 4.79 Å². The molecular weight excluding hydrogens is 186 g/mol. The fourth-order valence-electron chi connectivity index (χ4n) is 1.72. The minimum Gasteiger partial charge on any atom is -0.305 e. The molecule has 0 aromatic rings. The zero-order valence-corrected chi connectivity index (χ0v) is 10.2. The second kappa shape index (κ2) is 4.37. The summed E-state index contributed by atoms with van der Waals surface area (Å²) in [5.74, 6) is 6.32. The minimum absolute atomic E-state index is 0.00963. The van der Waals surface area contributed by atoms with Gasteiger partial charge in [-0.05, 0) is 47.1 Å². The summed E-state index contributed by atoms with van der Waals surface area (Å²) in [5.41, 5.74) is -0.323. The predicted molar refractivity (Wildman–Crippen MR) is 62.5 cm³/mol. The van der Waals surface area contributed by atoms with Crippen LogP contribution in [0.4, 0.5) is 0 Å². The highest BCUT2D eigenvalue weighted by atomic mass is 16.1. The van der Waals surface area contributed by atoms with Gasteiger partial charge in [0.2, 0.25) is 0 Å². The molecule has 1 saturated heterocycles. The van der Waals surface area contributed by atoms with Gasteiger partial charge in [0, 0.05) is 5.41 Å². The van der Waals surface area contributed by atoms with Crippen LogP contribution in [0.15, 0.2) is 0 Å². The van der Waals surface area contributed by atoms with E-state index in [2.05, 4.69) is 37.9 Å². The SMILES string of the molecule is CC(C)(C)C#CCC(=O)C1(C)CCCN1. The topological polar surface area (TPSA) is 29.1 Å². The van der Waals surface area contributed by atoms with Crippen molar-refractivity contribution in [2.45, 2.75) is 52.5 Å². The molecule has 15 heavy (non-hydrogen) atoms. The lowest BCUT2D eigenvalue weighted by atomic mass is 9.92. The lowest BCUT2D eigenvalue weighted by molar-refractivity contribution is -0.123. The molecule has 0 radical (unpaired) electrons. The number of hydrogen-bond donors (Lipinski definition) is 1. The van der Waals surface area contributed by atoms with E-state index in [1.54, 1.807) is 0 Å². The molecule has 1 rings (SSSR count). The molecule has 0 aliphatic carbocycles. The number of carbonyl (C=O) groups excluding carboxylic acids is 1. The van der Waals surface area contributed by atoms with E-state index in [4.69, 9.17) is 0 Å². The summed E-state index contributed by atoms with van der Waals surface area (Å²) >= 11 is 0. The van der Waals surface area contributed by atoms with Crippen molar-refractivity contribution >= 4 is 5.78 Å². The number of carbonyl (C=O) groups is 1. The summed E-state index contributed by atoms with van der Waals surface area (Å²) < 4.78 is 0. The Morgan fingerprint density at radius 2 is 2.13 bits per heavy atom. The predicted octanol–water partition coefficient (Wildman–Crippen LogP) is 2.14. The highest BCUT2D eigenvalue weighted by molar-refractivity contribution is 5.90. The molecule has 1 atom stereocenters. The lowest BCUT2D eigenvalue weighted by Crippen LogP contribution is -2.44. The van der Waals surface area contributed by atoms with Crippen LogP contribution in [0.25, 0.3) is 0 Å². The molecule has 1 aliphatic heterocycles. The van der Waals surface area contributed by atoms with Gasteiger partial charge in [0.25, 0.3) is 0 Å². The van der Waals surface area contributed by atoms with Crippen LogP contribution in [-0.4, -0.2) is 17.9 Å². The highest BCUT2D eigenvalue weighted by Gasteiger charge is 2.34. The van der Waals surface area contributed by atoms with Gasteiger partial charge in [-0.15, -0.1) is 0 Å². The van der Waals surface area contributed by atoms with Crippen LogP contribution in [0.3, 0.4) is 0 Å². The van der Waals surface area contributed by atoms with Crippen LogP contribution in [-0.2, 0) is 4.79 Å². The first kappa shape index (κ1) is 12.3. The molecule has 0 aromatic carbocycles. The molecule has 1 fully saturated rings. The largest absolute Gasteiger partial charge is 0.305 e. The maximum Gasteiger partial charge on any atom is 0.164 e. The molecule has 0 amide bonds. The second-order valence-electron chi connectivity index (χ2n) is 5.51. The Hall–Kier alpha value is -0.810. The maximum atomic E-state index is 11.9. The average molecular weight is 207 g/mol. The molecule has 0 aromatic heterocycles. The summed E-state index contributed by atoms with van der Waals surface area (Å²) in [6.45, 7) is 9.11. The second-order valence-corrected chi connectivity index (χ2v) is 5.51. The minimum atomic E-state index is -0.313. The number of hydrogen-bond acceptors (Lipinski definition) is 2. The van der Waals surface area contributed by atoms with Gasteiger partial charge < -0.3 is 5.32 Å². The molecule has 2 nitrogen and oxygen atoms in total. The van der Waals surface area contributed by atoms with E-state index < -0.39 is 0 Å². The Morgan fingerprint density at radius 3 is 2.60 bits per heavy atom. The fourth-order valence-corrected chi connectivity index (χ4v) is 1.72. The van der Waals surface area contributed by atoms with Crippen molar-refractivity contribution < 1.29 is 4.79 Å². The number of rotatable bonds is 2. The van der Waals surface area contributed by atoms with Crippen molar-refractivity contribution in [1.29, 1.82) is 0 Å². The first-order valence-corrected chi connectivity index (χ1v) is 5.62. The standard InChI is InChI=1S/C13H21NO/c1-12(2,3)8-5-7-11(15)13(4)9-6-10-14-13/h14H,6-7,9-10H2,1-4H3. The molecule has 84 valence electrons. The van der Waals surface area contributed by atoms with Crippen LogP contribution >= 0.6 is 0 Å². The Morgan fingerprint density at radius 1 is 1.47 bits per heavy atom. The molecule has 1 aliphatic rings. The van der Waals surface area contributed by atoms with E-state index in [-0.39, 0.29) is 16.7 Å². The van der Waals surface area contributed by atoms with Crippen LogP contribution in [0.1, 0.15) is 47.0 Å². The fraction of sp³-hybridized carbons (Fsp3) is 0.769. The molecule has 2 heteroatoms. The van der Waals surface area contributed by atoms with Gasteiger partial charge in [-0.25, -0.2) is 0 Å². The molecule has 0 bridgehead atoms. The monoisotopic (exact) mass is 207 g/mol. The van der Waals surface area contributed by atoms with E-state index in [1.807, 2.05) is 6.92 Å².